The summed E-state index contributed by atoms with van der Waals surface area (Å²) in [6.45, 7) is 5.49. The molecular weight excluding hydrogens is 494 g/mol. The first-order valence-electron chi connectivity index (χ1n) is 10.2. The molecule has 0 saturated carbocycles. The molecule has 0 radical (unpaired) electrons. The van der Waals surface area contributed by atoms with Crippen LogP contribution in [0.15, 0.2) is 35.4 Å². The van der Waals surface area contributed by atoms with Gasteiger partial charge < -0.3 is 15.5 Å². The van der Waals surface area contributed by atoms with Crippen molar-refractivity contribution >= 4 is 46.5 Å². The number of hydrogen-bond donors (Lipinski definition) is 2. The molecule has 182 valence electrons. The molecule has 1 aromatic heterocycles. The molecule has 7 nitrogen and oxygen atoms in total. The van der Waals surface area contributed by atoms with Crippen molar-refractivity contribution in [3.63, 3.8) is 0 Å². The molecule has 34 heavy (non-hydrogen) atoms. The number of rotatable bonds is 5. The fraction of sp³-hybridized carbons (Fsp3) is 0.318. The summed E-state index contributed by atoms with van der Waals surface area (Å²) in [4.78, 5) is 27.5. The predicted molar refractivity (Wildman–Crippen MR) is 125 cm³/mol. The summed E-state index contributed by atoms with van der Waals surface area (Å²) in [5, 5.41) is 9.26. The summed E-state index contributed by atoms with van der Waals surface area (Å²) in [5.41, 5.74) is -1.03. The Morgan fingerprint density at radius 2 is 1.82 bits per heavy atom. The van der Waals surface area contributed by atoms with Crippen LogP contribution >= 0.6 is 23.2 Å². The molecule has 0 fully saturated rings. The molecule has 0 atom stereocenters. The lowest BCUT2D eigenvalue weighted by Crippen LogP contribution is -2.32. The van der Waals surface area contributed by atoms with Gasteiger partial charge in [-0.3, -0.25) is 9.59 Å². The molecule has 0 saturated heterocycles. The Labute approximate surface area is 204 Å². The first kappa shape index (κ1) is 25.6. The fourth-order valence-corrected chi connectivity index (χ4v) is 3.96. The van der Waals surface area contributed by atoms with Crippen molar-refractivity contribution in [3.8, 4) is 0 Å². The Bertz CT molecular complexity index is 1200. The highest BCUT2D eigenvalue weighted by molar-refractivity contribution is 6.33. The minimum absolute atomic E-state index is 0.0733. The van der Waals surface area contributed by atoms with Crippen molar-refractivity contribution in [2.45, 2.75) is 33.0 Å². The van der Waals surface area contributed by atoms with E-state index in [1.807, 2.05) is 0 Å². The highest BCUT2D eigenvalue weighted by Crippen LogP contribution is 2.33. The molecule has 2 heterocycles. The number of amides is 2. The number of anilines is 1. The van der Waals surface area contributed by atoms with Crippen LogP contribution in [-0.2, 0) is 6.18 Å². The molecule has 0 spiro atoms. The molecule has 3 rings (SSSR count). The third-order valence-corrected chi connectivity index (χ3v) is 5.37. The largest absolute Gasteiger partial charge is 0.435 e. The highest BCUT2D eigenvalue weighted by atomic mass is 35.5. The second-order valence-corrected chi connectivity index (χ2v) is 8.85. The van der Waals surface area contributed by atoms with Gasteiger partial charge in [0.2, 0.25) is 0 Å². The molecule has 0 bridgehead atoms. The maximum atomic E-state index is 13.5. The summed E-state index contributed by atoms with van der Waals surface area (Å²) >= 11 is 12.3. The van der Waals surface area contributed by atoms with Gasteiger partial charge in [-0.15, -0.1) is 0 Å². The Kier molecular flexibility index (Phi) is 7.32. The van der Waals surface area contributed by atoms with Gasteiger partial charge in [0, 0.05) is 30.7 Å². The van der Waals surface area contributed by atoms with Gasteiger partial charge >= 0.3 is 6.18 Å². The molecule has 0 unspecified atom stereocenters. The van der Waals surface area contributed by atoms with Crippen molar-refractivity contribution in [1.29, 1.82) is 0 Å². The predicted octanol–water partition coefficient (Wildman–Crippen LogP) is 5.12. The number of aryl methyl sites for hydroxylation is 1. The van der Waals surface area contributed by atoms with Crippen molar-refractivity contribution in [1.82, 2.24) is 20.0 Å². The van der Waals surface area contributed by atoms with E-state index in [2.05, 4.69) is 15.7 Å². The second-order valence-electron chi connectivity index (χ2n) is 8.01. The van der Waals surface area contributed by atoms with Crippen molar-refractivity contribution in [3.05, 3.63) is 62.9 Å². The summed E-state index contributed by atoms with van der Waals surface area (Å²) in [6.07, 6.45) is -1.56. The second kappa shape index (κ2) is 9.71. The number of hydrogen-bond acceptors (Lipinski definition) is 4. The quantitative estimate of drug-likeness (QED) is 0.579. The Balaban J connectivity index is 2.11. The van der Waals surface area contributed by atoms with Gasteiger partial charge in [-0.1, -0.05) is 29.3 Å². The molecule has 1 aromatic carbocycles. The molecule has 12 heteroatoms. The summed E-state index contributed by atoms with van der Waals surface area (Å²) in [6, 6.07) is 3.34. The summed E-state index contributed by atoms with van der Waals surface area (Å²) in [7, 11) is 1.61. The number of likely N-dealkylation sites (N-methyl/N-ethyl adjacent to an activating group) is 1. The van der Waals surface area contributed by atoms with E-state index in [-0.39, 0.29) is 33.2 Å². The molecular formula is C22H22Cl2F3N5O2. The standard InChI is InChI=1S/C22H22Cl2F3N5O2/c1-11(2)28-19(33)14-9-13(23)8-12(3)18(14)29-20(34)16-10-17(22(25,26)27)30-32(16)21-15(24)6-5-7-31(21)4/h5-6,8-11H,7H2,1-4H3,(H,28,33)(H,29,34). The number of alkyl halides is 3. The molecule has 0 aliphatic carbocycles. The van der Waals surface area contributed by atoms with Crippen molar-refractivity contribution in [2.75, 3.05) is 18.9 Å². The molecule has 2 amide bonds. The summed E-state index contributed by atoms with van der Waals surface area (Å²) in [5.74, 6) is -1.30. The van der Waals surface area contributed by atoms with Crippen LogP contribution in [0.2, 0.25) is 5.02 Å². The van der Waals surface area contributed by atoms with Crippen LogP contribution in [-0.4, -0.2) is 46.1 Å². The van der Waals surface area contributed by atoms with Gasteiger partial charge in [-0.05, 0) is 44.5 Å². The average Bonchev–Trinajstić information content (AvgIpc) is 3.14. The molecule has 1 aliphatic heterocycles. The van der Waals surface area contributed by atoms with Gasteiger partial charge in [0.05, 0.1) is 16.3 Å². The maximum Gasteiger partial charge on any atom is 0.435 e. The van der Waals surface area contributed by atoms with Crippen molar-refractivity contribution < 1.29 is 22.8 Å². The van der Waals surface area contributed by atoms with Gasteiger partial charge in [0.15, 0.2) is 5.69 Å². The van der Waals surface area contributed by atoms with Crippen LogP contribution in [0.25, 0.3) is 5.82 Å². The minimum atomic E-state index is -4.80. The van der Waals surface area contributed by atoms with Gasteiger partial charge in [0.25, 0.3) is 11.8 Å². The van der Waals surface area contributed by atoms with Crippen LogP contribution in [0.5, 0.6) is 0 Å². The molecule has 2 N–H and O–H groups in total. The van der Waals surface area contributed by atoms with E-state index in [4.69, 9.17) is 23.2 Å². The number of carbonyl (C=O) groups excluding carboxylic acids is 2. The van der Waals surface area contributed by atoms with Crippen LogP contribution < -0.4 is 10.6 Å². The van der Waals surface area contributed by atoms with Crippen LogP contribution in [0, 0.1) is 6.92 Å². The van der Waals surface area contributed by atoms with E-state index in [9.17, 15) is 22.8 Å². The van der Waals surface area contributed by atoms with E-state index in [1.54, 1.807) is 38.8 Å². The number of carbonyl (C=O) groups is 2. The normalized spacial score (nSPS) is 14.1. The first-order valence-corrected chi connectivity index (χ1v) is 10.9. The lowest BCUT2D eigenvalue weighted by molar-refractivity contribution is -0.141. The molecule has 2 aromatic rings. The van der Waals surface area contributed by atoms with Gasteiger partial charge in [-0.2, -0.15) is 18.3 Å². The number of allylic oxidation sites excluding steroid dienone is 2. The van der Waals surface area contributed by atoms with E-state index in [1.165, 1.54) is 18.2 Å². The number of aromatic nitrogens is 2. The zero-order chi connectivity index (χ0) is 25.4. The third kappa shape index (κ3) is 5.39. The number of halogens is 5. The number of nitrogens with zero attached hydrogens (tertiary/aromatic N) is 3. The fourth-order valence-electron chi connectivity index (χ4n) is 3.37. The lowest BCUT2D eigenvalue weighted by atomic mass is 10.1. The Morgan fingerprint density at radius 1 is 1.15 bits per heavy atom. The Hall–Kier alpha value is -2.98. The third-order valence-electron chi connectivity index (χ3n) is 4.85. The highest BCUT2D eigenvalue weighted by Gasteiger charge is 2.37. The van der Waals surface area contributed by atoms with Crippen LogP contribution in [0.1, 0.15) is 46.0 Å². The maximum absolute atomic E-state index is 13.5. The lowest BCUT2D eigenvalue weighted by Gasteiger charge is -2.26. The van der Waals surface area contributed by atoms with E-state index in [0.29, 0.717) is 18.2 Å². The van der Waals surface area contributed by atoms with Gasteiger partial charge in [0.1, 0.15) is 11.5 Å². The SMILES string of the molecule is Cc1cc(Cl)cc(C(=O)NC(C)C)c1NC(=O)c1cc(C(F)(F)F)nn1C1=C(Cl)C=CCN1C. The monoisotopic (exact) mass is 515 g/mol. The van der Waals surface area contributed by atoms with E-state index in [0.717, 1.165) is 4.68 Å². The smallest absolute Gasteiger partial charge is 0.355 e. The molecule has 1 aliphatic rings. The van der Waals surface area contributed by atoms with Crippen LogP contribution in [0.3, 0.4) is 0 Å². The minimum Gasteiger partial charge on any atom is -0.355 e. The first-order chi connectivity index (χ1) is 15.8. The number of benzene rings is 1. The zero-order valence-electron chi connectivity index (χ0n) is 18.7. The zero-order valence-corrected chi connectivity index (χ0v) is 20.2. The van der Waals surface area contributed by atoms with Crippen molar-refractivity contribution in [2.24, 2.45) is 0 Å². The average molecular weight is 516 g/mol. The van der Waals surface area contributed by atoms with E-state index >= 15 is 0 Å². The number of nitrogens with one attached hydrogen (secondary N) is 2. The van der Waals surface area contributed by atoms with Gasteiger partial charge in [-0.25, -0.2) is 4.68 Å². The van der Waals surface area contributed by atoms with E-state index < -0.39 is 29.4 Å². The summed E-state index contributed by atoms with van der Waals surface area (Å²) < 4.78 is 41.3. The Morgan fingerprint density at radius 3 is 2.41 bits per heavy atom. The topological polar surface area (TPSA) is 79.3 Å². The van der Waals surface area contributed by atoms with Crippen LogP contribution in [0.4, 0.5) is 18.9 Å².